The predicted molar refractivity (Wildman–Crippen MR) is 221 cm³/mol. The van der Waals surface area contributed by atoms with Crippen molar-refractivity contribution < 1.29 is 0 Å². The average molecular weight is 676 g/mol. The fourth-order valence-electron chi connectivity index (χ4n) is 7.61. The Bertz CT molecular complexity index is 2800. The third kappa shape index (κ3) is 5.56. The van der Waals surface area contributed by atoms with Crippen molar-refractivity contribution in [3.05, 3.63) is 200 Å². The third-order valence-corrected chi connectivity index (χ3v) is 10.2. The Labute approximate surface area is 308 Å². The zero-order valence-corrected chi connectivity index (χ0v) is 28.9. The van der Waals surface area contributed by atoms with E-state index in [4.69, 9.17) is 9.97 Å². The summed E-state index contributed by atoms with van der Waals surface area (Å²) in [5.41, 5.74) is 13.3. The molecule has 0 saturated heterocycles. The maximum Gasteiger partial charge on any atom is 0.160 e. The van der Waals surface area contributed by atoms with Crippen LogP contribution in [0.5, 0.6) is 0 Å². The molecule has 0 fully saturated rings. The molecule has 0 saturated carbocycles. The van der Waals surface area contributed by atoms with Crippen molar-refractivity contribution in [2.75, 3.05) is 0 Å². The Kier molecular flexibility index (Phi) is 7.47. The topological polar surface area (TPSA) is 30.7 Å². The molecule has 3 nitrogen and oxygen atoms in total. The van der Waals surface area contributed by atoms with E-state index in [2.05, 4.69) is 168 Å². The summed E-state index contributed by atoms with van der Waals surface area (Å²) < 4.78 is 2.36. The number of aromatic nitrogens is 3. The third-order valence-electron chi connectivity index (χ3n) is 10.2. The molecule has 3 heteroatoms. The highest BCUT2D eigenvalue weighted by molar-refractivity contribution is 6.09. The monoisotopic (exact) mass is 675 g/mol. The first kappa shape index (κ1) is 30.7. The molecular weight excluding hydrogens is 643 g/mol. The smallest absolute Gasteiger partial charge is 0.160 e. The van der Waals surface area contributed by atoms with Crippen molar-refractivity contribution in [3.63, 3.8) is 0 Å². The van der Waals surface area contributed by atoms with Crippen LogP contribution in [0.2, 0.25) is 0 Å². The predicted octanol–water partition coefficient (Wildman–Crippen LogP) is 13.1. The van der Waals surface area contributed by atoms with Gasteiger partial charge >= 0.3 is 0 Å². The molecule has 0 N–H and O–H groups in total. The molecule has 0 aliphatic heterocycles. The summed E-state index contributed by atoms with van der Waals surface area (Å²) >= 11 is 0. The van der Waals surface area contributed by atoms with E-state index < -0.39 is 0 Å². The fourth-order valence-corrected chi connectivity index (χ4v) is 7.61. The molecule has 0 spiro atoms. The van der Waals surface area contributed by atoms with E-state index >= 15 is 0 Å². The van der Waals surface area contributed by atoms with Crippen molar-refractivity contribution in [2.45, 2.75) is 0 Å². The lowest BCUT2D eigenvalue weighted by Crippen LogP contribution is -1.95. The maximum absolute atomic E-state index is 5.02. The van der Waals surface area contributed by atoms with Gasteiger partial charge in [-0.3, -0.25) is 0 Å². The van der Waals surface area contributed by atoms with E-state index in [0.29, 0.717) is 0 Å². The van der Waals surface area contributed by atoms with Gasteiger partial charge in [-0.1, -0.05) is 164 Å². The number of nitrogens with zero attached hydrogens (tertiary/aromatic N) is 3. The van der Waals surface area contributed by atoms with Gasteiger partial charge in [0.05, 0.1) is 22.4 Å². The highest BCUT2D eigenvalue weighted by Crippen LogP contribution is 2.36. The molecule has 2 aromatic heterocycles. The first-order chi connectivity index (χ1) is 26.3. The number of fused-ring (bicyclic) bond motifs is 4. The lowest BCUT2D eigenvalue weighted by molar-refractivity contribution is 1.18. The number of hydrogen-bond donors (Lipinski definition) is 0. The lowest BCUT2D eigenvalue weighted by atomic mass is 9.94. The molecular formula is C50H33N3. The van der Waals surface area contributed by atoms with Crippen LogP contribution in [0.4, 0.5) is 0 Å². The minimum absolute atomic E-state index is 0.720. The lowest BCUT2D eigenvalue weighted by Gasteiger charge is -2.12. The van der Waals surface area contributed by atoms with Gasteiger partial charge in [-0.05, 0) is 69.4 Å². The molecule has 8 aromatic carbocycles. The van der Waals surface area contributed by atoms with Crippen LogP contribution in [-0.2, 0) is 0 Å². The van der Waals surface area contributed by atoms with Gasteiger partial charge in [0.2, 0.25) is 0 Å². The maximum atomic E-state index is 5.02. The summed E-state index contributed by atoms with van der Waals surface area (Å²) in [4.78, 5) is 9.98. The number of benzene rings is 8. The summed E-state index contributed by atoms with van der Waals surface area (Å²) in [6, 6.07) is 71.0. The Morgan fingerprint density at radius 1 is 0.321 bits per heavy atom. The summed E-state index contributed by atoms with van der Waals surface area (Å²) in [6.45, 7) is 0. The molecule has 53 heavy (non-hydrogen) atoms. The molecule has 0 amide bonds. The molecule has 0 atom stereocenters. The van der Waals surface area contributed by atoms with E-state index in [1.54, 1.807) is 0 Å². The Morgan fingerprint density at radius 3 is 1.51 bits per heavy atom. The number of para-hydroxylation sites is 2. The zero-order chi connectivity index (χ0) is 35.1. The van der Waals surface area contributed by atoms with Gasteiger partial charge in [-0.2, -0.15) is 0 Å². The first-order valence-corrected chi connectivity index (χ1v) is 18.0. The van der Waals surface area contributed by atoms with Gasteiger partial charge in [-0.25, -0.2) is 9.97 Å². The molecule has 10 aromatic rings. The quantitative estimate of drug-likeness (QED) is 0.176. The number of rotatable bonds is 6. The van der Waals surface area contributed by atoms with Crippen LogP contribution in [-0.4, -0.2) is 14.5 Å². The summed E-state index contributed by atoms with van der Waals surface area (Å²) in [5, 5.41) is 4.99. The summed E-state index contributed by atoms with van der Waals surface area (Å²) in [6.07, 6.45) is 0. The SMILES string of the molecule is c1ccc(-c2cc(-c3ccc(-c4cccc5cc(-c6ccc(-n7c8ccccc8c8ccccc87)cc6)ccc45)cc3)nc(-c3ccccc3)n2)cc1. The Morgan fingerprint density at radius 2 is 0.849 bits per heavy atom. The van der Waals surface area contributed by atoms with Crippen LogP contribution in [0.3, 0.4) is 0 Å². The second kappa shape index (κ2) is 12.9. The molecule has 0 radical (unpaired) electrons. The van der Waals surface area contributed by atoms with Gasteiger partial charge in [0.25, 0.3) is 0 Å². The molecule has 2 heterocycles. The van der Waals surface area contributed by atoms with E-state index in [9.17, 15) is 0 Å². The normalized spacial score (nSPS) is 11.4. The van der Waals surface area contributed by atoms with Crippen molar-refractivity contribution >= 4 is 32.6 Å². The van der Waals surface area contributed by atoms with Gasteiger partial charge in [0, 0.05) is 33.2 Å². The first-order valence-electron chi connectivity index (χ1n) is 18.0. The highest BCUT2D eigenvalue weighted by Gasteiger charge is 2.14. The van der Waals surface area contributed by atoms with Gasteiger partial charge in [0.1, 0.15) is 0 Å². The van der Waals surface area contributed by atoms with Gasteiger partial charge < -0.3 is 4.57 Å². The summed E-state index contributed by atoms with van der Waals surface area (Å²) in [5.74, 6) is 0.720. The van der Waals surface area contributed by atoms with Crippen molar-refractivity contribution in [1.29, 1.82) is 0 Å². The zero-order valence-electron chi connectivity index (χ0n) is 28.9. The number of hydrogen-bond acceptors (Lipinski definition) is 2. The van der Waals surface area contributed by atoms with Gasteiger partial charge in [0.15, 0.2) is 5.82 Å². The summed E-state index contributed by atoms with van der Waals surface area (Å²) in [7, 11) is 0. The standard InChI is InChI=1S/C50H33N3/c1-3-12-36(13-4-1)46-33-47(52-50(51-46)38-14-5-2-6-15-38)37-24-22-35(23-25-37)42-19-11-16-40-32-39(28-31-43(40)42)34-26-29-41(30-27-34)53-48-20-9-7-17-44(48)45-18-8-10-21-49(45)53/h1-33H. The van der Waals surface area contributed by atoms with Crippen LogP contribution in [0.25, 0.3) is 94.4 Å². The Balaban J connectivity index is 0.972. The van der Waals surface area contributed by atoms with Crippen molar-refractivity contribution in [1.82, 2.24) is 14.5 Å². The Hall–Kier alpha value is -7.10. The molecule has 0 aliphatic carbocycles. The van der Waals surface area contributed by atoms with Crippen LogP contribution >= 0.6 is 0 Å². The molecule has 248 valence electrons. The molecule has 10 rings (SSSR count). The van der Waals surface area contributed by atoms with E-state index in [-0.39, 0.29) is 0 Å². The van der Waals surface area contributed by atoms with Crippen molar-refractivity contribution in [3.8, 4) is 61.8 Å². The van der Waals surface area contributed by atoms with E-state index in [0.717, 1.165) is 39.6 Å². The molecule has 0 aliphatic rings. The second-order valence-electron chi connectivity index (χ2n) is 13.4. The minimum Gasteiger partial charge on any atom is -0.309 e. The van der Waals surface area contributed by atoms with Crippen LogP contribution < -0.4 is 0 Å². The minimum atomic E-state index is 0.720. The fraction of sp³-hybridized carbons (Fsp3) is 0. The molecule has 0 bridgehead atoms. The van der Waals surface area contributed by atoms with Crippen LogP contribution in [0.15, 0.2) is 200 Å². The van der Waals surface area contributed by atoms with E-state index in [1.165, 1.54) is 54.8 Å². The van der Waals surface area contributed by atoms with E-state index in [1.807, 2.05) is 36.4 Å². The second-order valence-corrected chi connectivity index (χ2v) is 13.4. The van der Waals surface area contributed by atoms with Crippen LogP contribution in [0, 0.1) is 0 Å². The highest BCUT2D eigenvalue weighted by atomic mass is 15.0. The van der Waals surface area contributed by atoms with Crippen LogP contribution in [0.1, 0.15) is 0 Å². The largest absolute Gasteiger partial charge is 0.309 e. The molecule has 0 unspecified atom stereocenters. The van der Waals surface area contributed by atoms with Gasteiger partial charge in [-0.15, -0.1) is 0 Å². The van der Waals surface area contributed by atoms with Crippen molar-refractivity contribution in [2.24, 2.45) is 0 Å². The average Bonchev–Trinajstić information content (AvgIpc) is 3.58.